The minimum atomic E-state index is 0.886. The van der Waals surface area contributed by atoms with Crippen molar-refractivity contribution in [1.82, 2.24) is 0 Å². The van der Waals surface area contributed by atoms with E-state index < -0.39 is 0 Å². The lowest BCUT2D eigenvalue weighted by atomic mass is 9.83. The summed E-state index contributed by atoms with van der Waals surface area (Å²) >= 11 is 0. The quantitative estimate of drug-likeness (QED) is 0.165. The molecule has 0 aliphatic heterocycles. The summed E-state index contributed by atoms with van der Waals surface area (Å²) in [5.41, 5.74) is 11.6. The summed E-state index contributed by atoms with van der Waals surface area (Å²) in [6, 6.07) is 75.2. The molecule has 0 spiro atoms. The molecule has 0 amide bonds. The van der Waals surface area contributed by atoms with Crippen molar-refractivity contribution in [3.63, 3.8) is 0 Å². The van der Waals surface area contributed by atoms with Crippen LogP contribution in [-0.2, 0) is 0 Å². The highest BCUT2D eigenvalue weighted by molar-refractivity contribution is 6.28. The maximum Gasteiger partial charge on any atom is 0.136 e. The molecule has 1 heterocycles. The van der Waals surface area contributed by atoms with Gasteiger partial charge in [-0.15, -0.1) is 0 Å². The summed E-state index contributed by atoms with van der Waals surface area (Å²) in [6.07, 6.45) is 0. The molecule has 12 rings (SSSR count). The highest BCUT2D eigenvalue weighted by Crippen LogP contribution is 2.49. The van der Waals surface area contributed by atoms with E-state index in [0.29, 0.717) is 0 Å². The number of hydrogen-bond acceptors (Lipinski definition) is 1. The van der Waals surface area contributed by atoms with Crippen LogP contribution in [0.3, 0.4) is 0 Å². The standard InChI is InChI=1S/C56H34O/c1-2-17-36(18-3-1)52-40-21-6-8-23-42(40)53(43-24-9-7-22-41(43)52)37-32-33-50-49(34-37)56-48(30-15-31-51(56)57-50)55-46-27-12-10-25-44(46)54(45-26-11-13-28-47(45)55)39-29-14-19-35-16-4-5-20-38(35)39/h1-34H. The van der Waals surface area contributed by atoms with E-state index in [0.717, 1.165) is 21.9 Å². The predicted octanol–water partition coefficient (Wildman–Crippen LogP) is 16.0. The molecule has 0 saturated carbocycles. The number of rotatable bonds is 4. The highest BCUT2D eigenvalue weighted by atomic mass is 16.3. The molecule has 0 atom stereocenters. The van der Waals surface area contributed by atoms with Gasteiger partial charge in [0.2, 0.25) is 0 Å². The van der Waals surface area contributed by atoms with Gasteiger partial charge in [0, 0.05) is 10.8 Å². The second-order valence-corrected chi connectivity index (χ2v) is 15.1. The molecule has 1 aromatic heterocycles. The maximum atomic E-state index is 6.72. The van der Waals surface area contributed by atoms with Crippen molar-refractivity contribution < 1.29 is 4.42 Å². The summed E-state index contributed by atoms with van der Waals surface area (Å²) in [6.45, 7) is 0. The third-order valence-corrected chi connectivity index (χ3v) is 12.0. The van der Waals surface area contributed by atoms with E-state index in [1.54, 1.807) is 0 Å². The molecular formula is C56H34O. The second kappa shape index (κ2) is 12.5. The number of fused-ring (bicyclic) bond motifs is 8. The van der Waals surface area contributed by atoms with Gasteiger partial charge in [-0.3, -0.25) is 0 Å². The lowest BCUT2D eigenvalue weighted by Crippen LogP contribution is -1.92. The second-order valence-electron chi connectivity index (χ2n) is 15.1. The van der Waals surface area contributed by atoms with E-state index >= 15 is 0 Å². The Balaban J connectivity index is 1.16. The first-order chi connectivity index (χ1) is 28.3. The summed E-state index contributed by atoms with van der Waals surface area (Å²) < 4.78 is 6.72. The van der Waals surface area contributed by atoms with Crippen molar-refractivity contribution in [2.24, 2.45) is 0 Å². The molecule has 0 aliphatic carbocycles. The maximum absolute atomic E-state index is 6.72. The van der Waals surface area contributed by atoms with Gasteiger partial charge in [-0.1, -0.05) is 188 Å². The molecule has 0 aliphatic rings. The molecular weight excluding hydrogens is 689 g/mol. The SMILES string of the molecule is c1ccc(-c2c3ccccc3c(-c3ccc4oc5cccc(-c6c7ccccc7c(-c7cccc8ccccc78)c7ccccc67)c5c4c3)c3ccccc23)cc1. The van der Waals surface area contributed by atoms with Gasteiger partial charge < -0.3 is 4.42 Å². The Kier molecular flexibility index (Phi) is 7.00. The molecule has 57 heavy (non-hydrogen) atoms. The average Bonchev–Trinajstić information content (AvgIpc) is 3.66. The van der Waals surface area contributed by atoms with Crippen LogP contribution < -0.4 is 0 Å². The van der Waals surface area contributed by atoms with Crippen molar-refractivity contribution in [1.29, 1.82) is 0 Å². The van der Waals surface area contributed by atoms with Gasteiger partial charge in [-0.2, -0.15) is 0 Å². The molecule has 11 aromatic carbocycles. The third kappa shape index (κ3) is 4.76. The van der Waals surface area contributed by atoms with Gasteiger partial charge in [-0.25, -0.2) is 0 Å². The first-order valence-electron chi connectivity index (χ1n) is 19.7. The van der Waals surface area contributed by atoms with E-state index in [1.807, 2.05) is 0 Å². The van der Waals surface area contributed by atoms with Crippen molar-refractivity contribution in [3.05, 3.63) is 206 Å². The average molecular weight is 723 g/mol. The summed E-state index contributed by atoms with van der Waals surface area (Å²) in [5.74, 6) is 0. The Labute approximate surface area is 329 Å². The molecule has 12 aromatic rings. The number of furan rings is 1. The van der Waals surface area contributed by atoms with Gasteiger partial charge in [0.1, 0.15) is 11.2 Å². The van der Waals surface area contributed by atoms with E-state index in [-0.39, 0.29) is 0 Å². The fourth-order valence-corrected chi connectivity index (χ4v) is 9.70. The van der Waals surface area contributed by atoms with Crippen LogP contribution in [0.4, 0.5) is 0 Å². The topological polar surface area (TPSA) is 13.1 Å². The lowest BCUT2D eigenvalue weighted by molar-refractivity contribution is 0.669. The fraction of sp³-hybridized carbons (Fsp3) is 0. The molecule has 1 nitrogen and oxygen atoms in total. The van der Waals surface area contributed by atoms with E-state index in [1.165, 1.54) is 98.4 Å². The lowest BCUT2D eigenvalue weighted by Gasteiger charge is -2.19. The smallest absolute Gasteiger partial charge is 0.136 e. The summed E-state index contributed by atoms with van der Waals surface area (Å²) in [4.78, 5) is 0. The Morgan fingerprint density at radius 3 is 1.28 bits per heavy atom. The molecule has 0 saturated heterocycles. The summed E-state index contributed by atoms with van der Waals surface area (Å²) in [5, 5.41) is 14.7. The van der Waals surface area contributed by atoms with Crippen molar-refractivity contribution >= 4 is 75.8 Å². The number of hydrogen-bond donors (Lipinski definition) is 0. The van der Waals surface area contributed by atoms with Crippen molar-refractivity contribution in [2.75, 3.05) is 0 Å². The molecule has 0 N–H and O–H groups in total. The first kappa shape index (κ1) is 31.8. The Morgan fingerprint density at radius 2 is 0.684 bits per heavy atom. The minimum Gasteiger partial charge on any atom is -0.456 e. The zero-order chi connectivity index (χ0) is 37.5. The van der Waals surface area contributed by atoms with E-state index in [4.69, 9.17) is 4.42 Å². The molecule has 264 valence electrons. The van der Waals surface area contributed by atoms with Crippen LogP contribution in [-0.4, -0.2) is 0 Å². The first-order valence-corrected chi connectivity index (χ1v) is 19.7. The highest BCUT2D eigenvalue weighted by Gasteiger charge is 2.22. The fourth-order valence-electron chi connectivity index (χ4n) is 9.70. The molecule has 1 heteroatoms. The Hall–Kier alpha value is -7.48. The van der Waals surface area contributed by atoms with Crippen LogP contribution in [0, 0.1) is 0 Å². The molecule has 0 fully saturated rings. The molecule has 0 unspecified atom stereocenters. The monoisotopic (exact) mass is 722 g/mol. The van der Waals surface area contributed by atoms with Gasteiger partial charge in [-0.05, 0) is 117 Å². The Morgan fingerprint density at radius 1 is 0.246 bits per heavy atom. The summed E-state index contributed by atoms with van der Waals surface area (Å²) in [7, 11) is 0. The van der Waals surface area contributed by atoms with Crippen molar-refractivity contribution in [2.45, 2.75) is 0 Å². The minimum absolute atomic E-state index is 0.886. The number of benzene rings is 11. The van der Waals surface area contributed by atoms with Crippen LogP contribution in [0.25, 0.3) is 120 Å². The predicted molar refractivity (Wildman–Crippen MR) is 243 cm³/mol. The van der Waals surface area contributed by atoms with Crippen LogP contribution in [0.5, 0.6) is 0 Å². The van der Waals surface area contributed by atoms with E-state index in [9.17, 15) is 0 Å². The van der Waals surface area contributed by atoms with Gasteiger partial charge in [0.15, 0.2) is 0 Å². The normalized spacial score (nSPS) is 11.9. The zero-order valence-corrected chi connectivity index (χ0v) is 31.0. The van der Waals surface area contributed by atoms with Crippen LogP contribution in [0.15, 0.2) is 211 Å². The third-order valence-electron chi connectivity index (χ3n) is 12.0. The molecule has 0 bridgehead atoms. The molecule has 0 radical (unpaired) electrons. The Bertz CT molecular complexity index is 3450. The largest absolute Gasteiger partial charge is 0.456 e. The zero-order valence-electron chi connectivity index (χ0n) is 31.0. The van der Waals surface area contributed by atoms with E-state index in [2.05, 4.69) is 206 Å². The van der Waals surface area contributed by atoms with Crippen LogP contribution >= 0.6 is 0 Å². The van der Waals surface area contributed by atoms with Gasteiger partial charge >= 0.3 is 0 Å². The van der Waals surface area contributed by atoms with Crippen LogP contribution in [0.1, 0.15) is 0 Å². The van der Waals surface area contributed by atoms with Crippen molar-refractivity contribution in [3.8, 4) is 44.5 Å². The van der Waals surface area contributed by atoms with Gasteiger partial charge in [0.05, 0.1) is 0 Å². The van der Waals surface area contributed by atoms with Gasteiger partial charge in [0.25, 0.3) is 0 Å². The van der Waals surface area contributed by atoms with Crippen LogP contribution in [0.2, 0.25) is 0 Å².